The highest BCUT2D eigenvalue weighted by molar-refractivity contribution is 5.60. The van der Waals surface area contributed by atoms with E-state index < -0.39 is 5.82 Å². The minimum absolute atomic E-state index is 0.0992. The third-order valence-corrected chi connectivity index (χ3v) is 4.75. The van der Waals surface area contributed by atoms with Crippen molar-refractivity contribution in [3.8, 4) is 11.5 Å². The fraction of sp³-hybridized carbons (Fsp3) is 0.467. The third kappa shape index (κ3) is 1.80. The molecule has 0 aliphatic heterocycles. The molecule has 2 aromatic rings. The molecule has 1 aromatic carbocycles. The summed E-state index contributed by atoms with van der Waals surface area (Å²) >= 11 is 0. The van der Waals surface area contributed by atoms with E-state index in [0.717, 1.165) is 11.7 Å². The number of nitrogens with zero attached hydrogens (tertiary/aromatic N) is 2. The molecule has 104 valence electrons. The number of nitrogens with two attached hydrogens (primary N) is 1. The average molecular weight is 273 g/mol. The molecule has 3 atom stereocenters. The van der Waals surface area contributed by atoms with Crippen LogP contribution in [-0.2, 0) is 0 Å². The quantitative estimate of drug-likeness (QED) is 0.852. The predicted octanol–water partition coefficient (Wildman–Crippen LogP) is 3.36. The maximum Gasteiger partial charge on any atom is 0.258 e. The molecule has 0 radical (unpaired) electrons. The van der Waals surface area contributed by atoms with Gasteiger partial charge in [-0.2, -0.15) is 4.98 Å². The van der Waals surface area contributed by atoms with Crippen molar-refractivity contribution < 1.29 is 8.91 Å². The number of benzene rings is 1. The lowest BCUT2D eigenvalue weighted by atomic mass is 9.88. The number of fused-ring (bicyclic) bond motifs is 2. The van der Waals surface area contributed by atoms with Gasteiger partial charge in [0, 0.05) is 11.5 Å². The van der Waals surface area contributed by atoms with Crippen LogP contribution < -0.4 is 5.73 Å². The van der Waals surface area contributed by atoms with Gasteiger partial charge in [0.1, 0.15) is 5.82 Å². The molecule has 2 N–H and O–H groups in total. The predicted molar refractivity (Wildman–Crippen MR) is 72.3 cm³/mol. The maximum absolute atomic E-state index is 13.2. The molecule has 0 saturated heterocycles. The summed E-state index contributed by atoms with van der Waals surface area (Å²) in [5, 5.41) is 4.12. The van der Waals surface area contributed by atoms with E-state index in [1.165, 1.54) is 37.8 Å². The molecule has 2 saturated carbocycles. The van der Waals surface area contributed by atoms with E-state index in [0.29, 0.717) is 23.3 Å². The van der Waals surface area contributed by atoms with Crippen LogP contribution in [0.25, 0.3) is 11.5 Å². The van der Waals surface area contributed by atoms with Crippen molar-refractivity contribution in [2.45, 2.75) is 31.6 Å². The van der Waals surface area contributed by atoms with Crippen molar-refractivity contribution in [1.29, 1.82) is 0 Å². The molecule has 0 amide bonds. The lowest BCUT2D eigenvalue weighted by molar-refractivity contribution is 0.372. The zero-order valence-electron chi connectivity index (χ0n) is 11.1. The minimum atomic E-state index is -0.429. The van der Waals surface area contributed by atoms with Crippen LogP contribution in [-0.4, -0.2) is 10.1 Å². The molecule has 1 aromatic heterocycles. The first-order chi connectivity index (χ1) is 9.70. The van der Waals surface area contributed by atoms with Crippen LogP contribution in [0.3, 0.4) is 0 Å². The van der Waals surface area contributed by atoms with Gasteiger partial charge in [0.15, 0.2) is 5.82 Å². The summed E-state index contributed by atoms with van der Waals surface area (Å²) in [7, 11) is 0. The smallest absolute Gasteiger partial charge is 0.258 e. The fourth-order valence-corrected chi connectivity index (χ4v) is 3.74. The van der Waals surface area contributed by atoms with Gasteiger partial charge in [-0.3, -0.25) is 0 Å². The van der Waals surface area contributed by atoms with Crippen LogP contribution >= 0.6 is 0 Å². The highest BCUT2D eigenvalue weighted by atomic mass is 19.1. The van der Waals surface area contributed by atoms with Crippen LogP contribution in [0.5, 0.6) is 0 Å². The molecule has 20 heavy (non-hydrogen) atoms. The second kappa shape index (κ2) is 4.30. The second-order valence-corrected chi connectivity index (χ2v) is 5.98. The zero-order chi connectivity index (χ0) is 13.7. The van der Waals surface area contributed by atoms with Crippen LogP contribution in [0.1, 0.15) is 37.4 Å². The molecule has 2 bridgehead atoms. The molecule has 4 nitrogen and oxygen atoms in total. The number of nitrogen functional groups attached to an aromatic ring is 1. The van der Waals surface area contributed by atoms with Gasteiger partial charge in [0.05, 0.1) is 5.69 Å². The average Bonchev–Trinajstić information content (AvgIpc) is 3.16. The Labute approximate surface area is 116 Å². The van der Waals surface area contributed by atoms with Gasteiger partial charge in [-0.05, 0) is 49.3 Å². The molecule has 4 rings (SSSR count). The Morgan fingerprint density at radius 3 is 2.85 bits per heavy atom. The van der Waals surface area contributed by atoms with Crippen molar-refractivity contribution >= 4 is 5.69 Å². The molecular formula is C15H16FN3O. The maximum atomic E-state index is 13.2. The molecule has 3 unspecified atom stereocenters. The number of aromatic nitrogens is 2. The molecule has 2 aliphatic rings. The summed E-state index contributed by atoms with van der Waals surface area (Å²) in [5.41, 5.74) is 6.34. The summed E-state index contributed by atoms with van der Waals surface area (Å²) in [5.74, 6) is 2.78. The number of anilines is 1. The normalized spacial score (nSPS) is 28.1. The van der Waals surface area contributed by atoms with Crippen molar-refractivity contribution in [3.63, 3.8) is 0 Å². The minimum Gasteiger partial charge on any atom is -0.396 e. The van der Waals surface area contributed by atoms with Gasteiger partial charge >= 0.3 is 0 Å². The van der Waals surface area contributed by atoms with Crippen molar-refractivity contribution in [1.82, 2.24) is 10.1 Å². The lowest BCUT2D eigenvalue weighted by Gasteiger charge is -2.17. The largest absolute Gasteiger partial charge is 0.396 e. The standard InChI is InChI=1S/C15H16FN3O/c16-12-4-3-10(7-13(12)17)15-18-14(19-20-15)11-6-8-1-2-9(11)5-8/h3-4,7-9,11H,1-2,5-6,17H2. The van der Waals surface area contributed by atoms with Gasteiger partial charge in [-0.25, -0.2) is 4.39 Å². The Balaban J connectivity index is 1.63. The summed E-state index contributed by atoms with van der Waals surface area (Å²) in [4.78, 5) is 4.50. The molecule has 5 heteroatoms. The van der Waals surface area contributed by atoms with Gasteiger partial charge in [0.2, 0.25) is 0 Å². The van der Waals surface area contributed by atoms with E-state index in [1.54, 1.807) is 6.07 Å². The number of rotatable bonds is 2. The highest BCUT2D eigenvalue weighted by Crippen LogP contribution is 2.52. The summed E-state index contributed by atoms with van der Waals surface area (Å²) in [6.07, 6.45) is 5.11. The Morgan fingerprint density at radius 2 is 2.15 bits per heavy atom. The van der Waals surface area contributed by atoms with Gasteiger partial charge < -0.3 is 10.3 Å². The molecule has 2 fully saturated rings. The summed E-state index contributed by atoms with van der Waals surface area (Å²) < 4.78 is 18.5. The lowest BCUT2D eigenvalue weighted by Crippen LogP contribution is -2.09. The Morgan fingerprint density at radius 1 is 1.25 bits per heavy atom. The van der Waals surface area contributed by atoms with Crippen LogP contribution in [0.15, 0.2) is 22.7 Å². The van der Waals surface area contributed by atoms with Crippen LogP contribution in [0.2, 0.25) is 0 Å². The van der Waals surface area contributed by atoms with Gasteiger partial charge in [-0.15, -0.1) is 0 Å². The zero-order valence-corrected chi connectivity index (χ0v) is 11.1. The van der Waals surface area contributed by atoms with Crippen molar-refractivity contribution in [2.24, 2.45) is 11.8 Å². The third-order valence-electron chi connectivity index (χ3n) is 4.75. The fourth-order valence-electron chi connectivity index (χ4n) is 3.74. The van der Waals surface area contributed by atoms with E-state index in [-0.39, 0.29) is 5.69 Å². The molecule has 2 aliphatic carbocycles. The molecular weight excluding hydrogens is 257 g/mol. The summed E-state index contributed by atoms with van der Waals surface area (Å²) in [6.45, 7) is 0. The van der Waals surface area contributed by atoms with E-state index in [9.17, 15) is 4.39 Å². The highest BCUT2D eigenvalue weighted by Gasteiger charge is 2.42. The van der Waals surface area contributed by atoms with E-state index in [1.807, 2.05) is 0 Å². The number of hydrogen-bond donors (Lipinski definition) is 1. The second-order valence-electron chi connectivity index (χ2n) is 5.98. The number of hydrogen-bond acceptors (Lipinski definition) is 4. The van der Waals surface area contributed by atoms with Crippen molar-refractivity contribution in [3.05, 3.63) is 29.8 Å². The molecule has 0 spiro atoms. The van der Waals surface area contributed by atoms with Gasteiger partial charge in [-0.1, -0.05) is 11.6 Å². The van der Waals surface area contributed by atoms with E-state index >= 15 is 0 Å². The Hall–Kier alpha value is -1.91. The van der Waals surface area contributed by atoms with Crippen molar-refractivity contribution in [2.75, 3.05) is 5.73 Å². The SMILES string of the molecule is Nc1cc(-c2nc(C3CC4CCC3C4)no2)ccc1F. The van der Waals surface area contributed by atoms with Gasteiger partial charge in [0.25, 0.3) is 5.89 Å². The topological polar surface area (TPSA) is 64.9 Å². The van der Waals surface area contributed by atoms with Crippen LogP contribution in [0, 0.1) is 17.7 Å². The van der Waals surface area contributed by atoms with E-state index in [4.69, 9.17) is 10.3 Å². The molecule has 1 heterocycles. The Kier molecular flexibility index (Phi) is 2.55. The number of halogens is 1. The Bertz CT molecular complexity index is 654. The van der Waals surface area contributed by atoms with Crippen LogP contribution in [0.4, 0.5) is 10.1 Å². The monoisotopic (exact) mass is 273 g/mol. The first-order valence-electron chi connectivity index (χ1n) is 7.09. The van der Waals surface area contributed by atoms with E-state index in [2.05, 4.69) is 10.1 Å². The first kappa shape index (κ1) is 11.9. The first-order valence-corrected chi connectivity index (χ1v) is 7.09. The summed E-state index contributed by atoms with van der Waals surface area (Å²) in [6, 6.07) is 4.48.